The van der Waals surface area contributed by atoms with Gasteiger partial charge in [0.1, 0.15) is 18.8 Å². The van der Waals surface area contributed by atoms with E-state index in [4.69, 9.17) is 38.3 Å². The second-order valence-corrected chi connectivity index (χ2v) is 26.4. The number of hydrogen-bond acceptors (Lipinski definition) is 18. The Labute approximate surface area is 550 Å². The Morgan fingerprint density at radius 2 is 1.06 bits per heavy atom. The average molecular weight is 1300 g/mol. The quantitative estimate of drug-likeness (QED) is 0.0382. The molecule has 8 bridgehead atoms. The van der Waals surface area contributed by atoms with Crippen LogP contribution in [0.4, 0.5) is 0 Å². The summed E-state index contributed by atoms with van der Waals surface area (Å²) in [5.74, 6) is -2.99. The monoisotopic (exact) mass is 1300 g/mol. The zero-order valence-corrected chi connectivity index (χ0v) is 55.7. The van der Waals surface area contributed by atoms with Gasteiger partial charge in [0.2, 0.25) is 0 Å². The maximum atomic E-state index is 13.0. The second-order valence-electron chi connectivity index (χ2n) is 26.4. The predicted octanol–water partition coefficient (Wildman–Crippen LogP) is 9.33. The number of carbonyl (C=O) groups is 4. The number of aliphatic hydroxyl groups excluding tert-OH is 7. The van der Waals surface area contributed by atoms with Crippen molar-refractivity contribution in [3.8, 4) is 0 Å². The average Bonchev–Trinajstić information content (AvgIpc) is 0.844. The molecule has 8 N–H and O–H groups in total. The van der Waals surface area contributed by atoms with Crippen LogP contribution in [0.3, 0.4) is 0 Å². The zero-order valence-electron chi connectivity index (χ0n) is 55.7. The van der Waals surface area contributed by atoms with E-state index in [-0.39, 0.29) is 80.9 Å². The molecule has 19 atom stereocenters. The lowest BCUT2D eigenvalue weighted by Crippen LogP contribution is -2.55. The Kier molecular flexibility index (Phi) is 32.8. The van der Waals surface area contributed by atoms with E-state index < -0.39 is 95.7 Å². The molecular weight excluding hydrogens is 1190 g/mol. The van der Waals surface area contributed by atoms with Crippen molar-refractivity contribution in [1.82, 2.24) is 0 Å². The zero-order chi connectivity index (χ0) is 68.3. The summed E-state index contributed by atoms with van der Waals surface area (Å²) < 4.78 is 42.3. The van der Waals surface area contributed by atoms with Crippen LogP contribution in [0.25, 0.3) is 0 Å². The third kappa shape index (κ3) is 25.3. The highest BCUT2D eigenvalue weighted by Crippen LogP contribution is 2.43. The summed E-state index contributed by atoms with van der Waals surface area (Å²) in [6.45, 7) is 18.6. The first-order chi connectivity index (χ1) is 44.3. The van der Waals surface area contributed by atoms with Crippen LogP contribution in [0.15, 0.2) is 157 Å². The van der Waals surface area contributed by atoms with Gasteiger partial charge in [0, 0.05) is 62.5 Å². The molecule has 6 aliphatic rings. The lowest BCUT2D eigenvalue weighted by atomic mass is 9.73. The molecule has 93 heavy (non-hydrogen) atoms. The van der Waals surface area contributed by atoms with E-state index in [0.29, 0.717) is 76.2 Å². The topological polar surface area (TPSA) is 295 Å². The number of ether oxygens (including phenoxy) is 7. The first-order valence-corrected chi connectivity index (χ1v) is 33.0. The molecule has 0 aromatic rings. The summed E-state index contributed by atoms with van der Waals surface area (Å²) in [4.78, 5) is 49.0. The van der Waals surface area contributed by atoms with E-state index in [0.717, 1.165) is 11.1 Å². The maximum Gasteiger partial charge on any atom is 0.335 e. The van der Waals surface area contributed by atoms with Crippen molar-refractivity contribution in [2.45, 2.75) is 230 Å². The van der Waals surface area contributed by atoms with Crippen molar-refractivity contribution < 1.29 is 93.2 Å². The maximum absolute atomic E-state index is 13.0. The number of aliphatic hydroxyl groups is 7. The lowest BCUT2D eigenvalue weighted by molar-refractivity contribution is -0.199. The Morgan fingerprint density at radius 3 is 1.48 bits per heavy atom. The summed E-state index contributed by atoms with van der Waals surface area (Å²) in [5, 5.41) is 81.2. The molecule has 0 spiro atoms. The van der Waals surface area contributed by atoms with Gasteiger partial charge >= 0.3 is 23.9 Å². The molecule has 6 aliphatic heterocycles. The molecular formula is C74H106O19. The van der Waals surface area contributed by atoms with Gasteiger partial charge in [0.25, 0.3) is 0 Å². The fraction of sp³-hybridized carbons (Fsp3) is 0.595. The van der Waals surface area contributed by atoms with Crippen LogP contribution in [-0.4, -0.2) is 176 Å². The van der Waals surface area contributed by atoms with Gasteiger partial charge in [-0.25, -0.2) is 19.2 Å². The van der Waals surface area contributed by atoms with Crippen LogP contribution in [0.5, 0.6) is 0 Å². The largest absolute Gasteiger partial charge is 0.479 e. The van der Waals surface area contributed by atoms with E-state index >= 15 is 0 Å². The highest BCUT2D eigenvalue weighted by Gasteiger charge is 2.50. The van der Waals surface area contributed by atoms with Crippen LogP contribution in [-0.2, 0) is 52.3 Å². The minimum atomic E-state index is -1.49. The minimum Gasteiger partial charge on any atom is -0.479 e. The Morgan fingerprint density at radius 1 is 0.624 bits per heavy atom. The summed E-state index contributed by atoms with van der Waals surface area (Å²) in [5.41, 5.74) is 0.608. The number of rotatable bonds is 17. The first-order valence-electron chi connectivity index (χ1n) is 33.0. The van der Waals surface area contributed by atoms with Crippen molar-refractivity contribution in [2.24, 2.45) is 28.6 Å². The molecule has 0 saturated carbocycles. The molecule has 0 aromatic heterocycles. The van der Waals surface area contributed by atoms with Crippen molar-refractivity contribution in [2.75, 3.05) is 19.8 Å². The SMILES string of the molecule is C=C(COC(=O)[C@@H](O)C/C=C\C[C@@H]1O[C@@H]2/C=C/C/C=C/C(C)=C\[C@H]3O[C@@H](C/C=C/C=C/C(=O)O[C@H](C2)[C@@]1(C)CO)C[C@H](O)[C@H]3C)C(O)CC(C)C.CC1=C/[C@H]2O[C@@H](C/C=C/C=C/C(=O)O[C@@H]3C[C@@H](/C=C/C\C=C\1)O[C@@H](C/C=C\C[C@H](O)C(=O)O)[C@]3(C)CO)C[C@H](O)[C@H]2C. The standard InChI is InChI=1S/C41H60O10.C33H46O9/c1-27(2)21-34(44)29(4)25-48-40(47)33(43)18-13-14-19-37-41(6,26-42)38-24-32(50-37)17-10-7-9-15-28(3)22-36-30(5)35(45)23-31(49-36)16-11-8-12-20-39(46)51-38;1-22-12-6-4-7-14-25-20-30(33(3,21-34)29(41-25)16-11-10-15-26(35)32(38)39)42-31(37)17-9-5-8-13-24-19-27(36)23(2)28(18-22)40-24/h8-15,17,20,22,27,30-38,42-45H,4,7,16,18-19,21,23-26H2,1-3,5-6H3;5-12,14,17-18,23-30,34-36H,4,13,15-16,19-21H2,1-3H3,(H,38,39)/b11-8+,14-13-,15-9+,17-10+,20-12+,28-22-;8-5+,11-10-,12-6+,14-7+,17-9+,22-18-/t30-,31+,32-,33+,34?,35+,36-,37+,38-,41+;23-,24+,25-,26+,27+,28-,29+,30-,33+/m11/s1. The first kappa shape index (κ1) is 77.8. The van der Waals surface area contributed by atoms with E-state index in [2.05, 4.69) is 18.7 Å². The molecule has 6 heterocycles. The third-order valence-corrected chi connectivity index (χ3v) is 18.2. The summed E-state index contributed by atoms with van der Waals surface area (Å²) >= 11 is 0. The van der Waals surface area contributed by atoms with Gasteiger partial charge in [-0.15, -0.1) is 0 Å². The fourth-order valence-corrected chi connectivity index (χ4v) is 11.8. The number of carboxylic acids is 1. The van der Waals surface area contributed by atoms with Crippen molar-refractivity contribution in [1.29, 1.82) is 0 Å². The van der Waals surface area contributed by atoms with Gasteiger partial charge in [-0.3, -0.25) is 0 Å². The second kappa shape index (κ2) is 39.2. The predicted molar refractivity (Wildman–Crippen MR) is 355 cm³/mol. The van der Waals surface area contributed by atoms with Gasteiger partial charge in [-0.05, 0) is 70.3 Å². The molecule has 19 heteroatoms. The van der Waals surface area contributed by atoms with Crippen molar-refractivity contribution in [3.63, 3.8) is 0 Å². The number of aliphatic carboxylic acids is 1. The smallest absolute Gasteiger partial charge is 0.335 e. The van der Waals surface area contributed by atoms with Gasteiger partial charge in [-0.2, -0.15) is 0 Å². The molecule has 0 amide bonds. The molecule has 4 saturated heterocycles. The van der Waals surface area contributed by atoms with Gasteiger partial charge < -0.3 is 74.0 Å². The molecule has 0 aliphatic carbocycles. The minimum absolute atomic E-state index is 0.00418. The van der Waals surface area contributed by atoms with Gasteiger partial charge in [-0.1, -0.05) is 181 Å². The molecule has 1 unspecified atom stereocenters. The number of allylic oxidation sites excluding steroid dienone is 12. The van der Waals surface area contributed by atoms with Crippen molar-refractivity contribution >= 4 is 23.9 Å². The van der Waals surface area contributed by atoms with Gasteiger partial charge in [0.05, 0.1) is 91.2 Å². The third-order valence-electron chi connectivity index (χ3n) is 18.2. The van der Waals surface area contributed by atoms with Crippen LogP contribution < -0.4 is 0 Å². The number of hydrogen-bond donors (Lipinski definition) is 8. The normalized spacial score (nSPS) is 37.4. The Hall–Kier alpha value is -5.94. The van der Waals surface area contributed by atoms with Crippen LogP contribution in [0.1, 0.15) is 139 Å². The van der Waals surface area contributed by atoms with E-state index in [1.807, 2.05) is 116 Å². The molecule has 516 valence electrons. The molecule has 0 radical (unpaired) electrons. The lowest BCUT2D eigenvalue weighted by Gasteiger charge is -2.47. The van der Waals surface area contributed by atoms with Crippen LogP contribution in [0, 0.1) is 28.6 Å². The van der Waals surface area contributed by atoms with Crippen LogP contribution >= 0.6 is 0 Å². The fourth-order valence-electron chi connectivity index (χ4n) is 11.8. The molecule has 19 nitrogen and oxygen atoms in total. The highest BCUT2D eigenvalue weighted by molar-refractivity contribution is 5.83. The summed E-state index contributed by atoms with van der Waals surface area (Å²) in [6.07, 6.45) is 36.9. The number of esters is 3. The van der Waals surface area contributed by atoms with Crippen molar-refractivity contribution in [3.05, 3.63) is 157 Å². The highest BCUT2D eigenvalue weighted by atomic mass is 16.6. The number of fused-ring (bicyclic) bond motifs is 8. The van der Waals surface area contributed by atoms with E-state index in [9.17, 15) is 54.9 Å². The number of carbonyl (C=O) groups excluding carboxylic acids is 3. The van der Waals surface area contributed by atoms with E-state index in [1.54, 1.807) is 48.6 Å². The number of carboxylic acid groups (broad SMARTS) is 1. The Balaban J connectivity index is 0.000000343. The van der Waals surface area contributed by atoms with Gasteiger partial charge in [0.15, 0.2) is 12.2 Å². The summed E-state index contributed by atoms with van der Waals surface area (Å²) in [6, 6.07) is 0. The molecule has 6 rings (SSSR count). The van der Waals surface area contributed by atoms with E-state index in [1.165, 1.54) is 12.2 Å². The molecule has 4 fully saturated rings. The Bertz CT molecular complexity index is 2780. The summed E-state index contributed by atoms with van der Waals surface area (Å²) in [7, 11) is 0. The molecule has 0 aromatic carbocycles. The van der Waals surface area contributed by atoms with Crippen LogP contribution in [0.2, 0.25) is 0 Å².